The van der Waals surface area contributed by atoms with Crippen molar-refractivity contribution in [3.63, 3.8) is 0 Å². The van der Waals surface area contributed by atoms with Crippen molar-refractivity contribution in [1.29, 1.82) is 0 Å². The normalized spacial score (nSPS) is 16.6. The molecule has 1 aliphatic heterocycles. The number of pyridine rings is 1. The van der Waals surface area contributed by atoms with E-state index in [2.05, 4.69) is 20.3 Å². The van der Waals surface area contributed by atoms with Crippen molar-refractivity contribution in [2.75, 3.05) is 18.8 Å². The van der Waals surface area contributed by atoms with Crippen LogP contribution in [0.3, 0.4) is 0 Å². The van der Waals surface area contributed by atoms with Crippen molar-refractivity contribution >= 4 is 27.0 Å². The number of hydrogen-bond donors (Lipinski definition) is 3. The number of benzene rings is 1. The summed E-state index contributed by atoms with van der Waals surface area (Å²) >= 11 is 0. The lowest BCUT2D eigenvalue weighted by atomic mass is 10.1. The van der Waals surface area contributed by atoms with Gasteiger partial charge in [0.25, 0.3) is 0 Å². The molecule has 1 aliphatic rings. The first-order chi connectivity index (χ1) is 15.8. The van der Waals surface area contributed by atoms with Crippen molar-refractivity contribution in [1.82, 2.24) is 24.6 Å². The summed E-state index contributed by atoms with van der Waals surface area (Å²) in [4.78, 5) is 22.4. The molecule has 0 saturated carbocycles. The van der Waals surface area contributed by atoms with Gasteiger partial charge in [0.1, 0.15) is 0 Å². The van der Waals surface area contributed by atoms with Crippen molar-refractivity contribution < 1.29 is 23.1 Å². The number of aromatic nitrogens is 3. The number of carbonyl (C=O) groups is 1. The zero-order valence-corrected chi connectivity index (χ0v) is 19.1. The van der Waals surface area contributed by atoms with Crippen LogP contribution in [0.15, 0.2) is 42.9 Å². The fourth-order valence-electron chi connectivity index (χ4n) is 4.13. The predicted molar refractivity (Wildman–Crippen MR) is 122 cm³/mol. The number of sulfonamides is 1. The van der Waals surface area contributed by atoms with E-state index < -0.39 is 27.9 Å². The van der Waals surface area contributed by atoms with Crippen LogP contribution in [-0.2, 0) is 21.4 Å². The number of fused-ring (bicyclic) bond motifs is 1. The number of H-pyrrole nitrogens is 1. The molecule has 4 rings (SSSR count). The Morgan fingerprint density at radius 2 is 2.09 bits per heavy atom. The van der Waals surface area contributed by atoms with E-state index in [1.807, 2.05) is 37.3 Å². The molecule has 3 aromatic rings. The van der Waals surface area contributed by atoms with Gasteiger partial charge in [0.05, 0.1) is 42.0 Å². The molecule has 0 spiro atoms. The molecule has 1 aromatic carbocycles. The molecule has 0 radical (unpaired) electrons. The van der Waals surface area contributed by atoms with Gasteiger partial charge in [-0.25, -0.2) is 22.5 Å². The van der Waals surface area contributed by atoms with E-state index >= 15 is 0 Å². The minimum atomic E-state index is -3.69. The number of rotatable bonds is 8. The van der Waals surface area contributed by atoms with E-state index in [-0.39, 0.29) is 6.10 Å². The van der Waals surface area contributed by atoms with Gasteiger partial charge in [-0.05, 0) is 37.5 Å². The van der Waals surface area contributed by atoms with Crippen LogP contribution in [0, 0.1) is 6.92 Å². The molecular weight excluding hydrogens is 446 g/mol. The van der Waals surface area contributed by atoms with Gasteiger partial charge in [0.2, 0.25) is 10.0 Å². The quantitative estimate of drug-likeness (QED) is 0.457. The van der Waals surface area contributed by atoms with Gasteiger partial charge >= 0.3 is 6.09 Å². The maximum Gasteiger partial charge on any atom is 0.405 e. The summed E-state index contributed by atoms with van der Waals surface area (Å²) in [6.07, 6.45) is 2.66. The molecule has 1 saturated heterocycles. The standard InChI is InChI=1S/C22H27N5O5S/c1-15-10-16(18-4-2-3-5-19(18)25-15)12-32-17-6-8-27(9-7-17)33(30,31)13-21(26-22(28)29)20-11-23-14-24-20/h2-5,10-11,14,17,21,26H,6-9,12-13H2,1H3,(H,23,24)(H,28,29)/t21-/m0/s1. The Morgan fingerprint density at radius 1 is 1.33 bits per heavy atom. The minimum Gasteiger partial charge on any atom is -0.465 e. The second kappa shape index (κ2) is 9.86. The summed E-state index contributed by atoms with van der Waals surface area (Å²) in [5, 5.41) is 12.4. The van der Waals surface area contributed by atoms with Crippen LogP contribution < -0.4 is 5.32 Å². The van der Waals surface area contributed by atoms with Gasteiger partial charge in [-0.3, -0.25) is 4.98 Å². The molecule has 176 valence electrons. The second-order valence-electron chi connectivity index (χ2n) is 8.12. The number of aromatic amines is 1. The molecule has 1 atom stereocenters. The molecule has 0 aliphatic carbocycles. The summed E-state index contributed by atoms with van der Waals surface area (Å²) in [6, 6.07) is 9.00. The number of amides is 1. The topological polar surface area (TPSA) is 138 Å². The van der Waals surface area contributed by atoms with E-state index in [1.165, 1.54) is 16.8 Å². The molecule has 2 aromatic heterocycles. The van der Waals surface area contributed by atoms with Crippen LogP contribution in [0.5, 0.6) is 0 Å². The Kier molecular flexibility index (Phi) is 6.91. The van der Waals surface area contributed by atoms with Gasteiger partial charge in [-0.2, -0.15) is 0 Å². The molecule has 11 heteroatoms. The zero-order valence-electron chi connectivity index (χ0n) is 18.3. The smallest absolute Gasteiger partial charge is 0.405 e. The van der Waals surface area contributed by atoms with Crippen molar-refractivity contribution in [3.05, 3.63) is 59.8 Å². The Hall–Kier alpha value is -3.02. The van der Waals surface area contributed by atoms with Gasteiger partial charge in [-0.15, -0.1) is 0 Å². The number of nitrogens with one attached hydrogen (secondary N) is 2. The SMILES string of the molecule is Cc1cc(COC2CCN(S(=O)(=O)C[C@H](NC(=O)O)c3c[nH]cn3)CC2)c2ccccc2n1. The summed E-state index contributed by atoms with van der Waals surface area (Å²) in [6.45, 7) is 3.03. The largest absolute Gasteiger partial charge is 0.465 e. The van der Waals surface area contributed by atoms with E-state index in [1.54, 1.807) is 0 Å². The summed E-state index contributed by atoms with van der Waals surface area (Å²) in [7, 11) is -3.69. The number of piperidine rings is 1. The first-order valence-corrected chi connectivity index (χ1v) is 12.4. The average Bonchev–Trinajstić information content (AvgIpc) is 3.32. The minimum absolute atomic E-state index is 0.0528. The van der Waals surface area contributed by atoms with Gasteiger partial charge in [0.15, 0.2) is 0 Å². The van der Waals surface area contributed by atoms with Crippen molar-refractivity contribution in [2.24, 2.45) is 0 Å². The van der Waals surface area contributed by atoms with Crippen molar-refractivity contribution in [2.45, 2.75) is 38.5 Å². The predicted octanol–water partition coefficient (Wildman–Crippen LogP) is 2.59. The number of carboxylic acid groups (broad SMARTS) is 1. The summed E-state index contributed by atoms with van der Waals surface area (Å²) in [5.74, 6) is -0.391. The number of imidazole rings is 1. The molecule has 3 N–H and O–H groups in total. The van der Waals surface area contributed by atoms with E-state index in [0.717, 1.165) is 22.2 Å². The number of hydrogen-bond acceptors (Lipinski definition) is 6. The number of para-hydroxylation sites is 1. The average molecular weight is 474 g/mol. The van der Waals surface area contributed by atoms with Gasteiger partial charge in [-0.1, -0.05) is 18.2 Å². The first kappa shape index (κ1) is 23.1. The molecule has 0 unspecified atom stereocenters. The van der Waals surface area contributed by atoms with Crippen LogP contribution in [0.2, 0.25) is 0 Å². The Labute approximate surface area is 192 Å². The third-order valence-electron chi connectivity index (χ3n) is 5.75. The highest BCUT2D eigenvalue weighted by Gasteiger charge is 2.32. The number of aryl methyl sites for hydroxylation is 1. The van der Waals surface area contributed by atoms with E-state index in [9.17, 15) is 13.2 Å². The molecule has 1 fully saturated rings. The fraction of sp³-hybridized carbons (Fsp3) is 0.409. The van der Waals surface area contributed by atoms with E-state index in [0.29, 0.717) is 38.2 Å². The monoisotopic (exact) mass is 473 g/mol. The van der Waals surface area contributed by atoms with Crippen LogP contribution in [-0.4, -0.2) is 63.8 Å². The molecular formula is C22H27N5O5S. The lowest BCUT2D eigenvalue weighted by Gasteiger charge is -2.32. The third kappa shape index (κ3) is 5.67. The number of ether oxygens (including phenoxy) is 1. The highest BCUT2D eigenvalue weighted by Crippen LogP contribution is 2.24. The van der Waals surface area contributed by atoms with Crippen LogP contribution in [0.4, 0.5) is 4.79 Å². The first-order valence-electron chi connectivity index (χ1n) is 10.7. The fourth-order valence-corrected chi connectivity index (χ4v) is 5.78. The van der Waals surface area contributed by atoms with Crippen LogP contribution in [0.1, 0.15) is 35.8 Å². The number of nitrogens with zero attached hydrogens (tertiary/aromatic N) is 3. The molecule has 0 bridgehead atoms. The van der Waals surface area contributed by atoms with Gasteiger partial charge in [0, 0.05) is 30.4 Å². The highest BCUT2D eigenvalue weighted by atomic mass is 32.2. The highest BCUT2D eigenvalue weighted by molar-refractivity contribution is 7.89. The van der Waals surface area contributed by atoms with Crippen molar-refractivity contribution in [3.8, 4) is 0 Å². The van der Waals surface area contributed by atoms with E-state index in [4.69, 9.17) is 9.84 Å². The van der Waals surface area contributed by atoms with Crippen LogP contribution in [0.25, 0.3) is 10.9 Å². The van der Waals surface area contributed by atoms with Gasteiger partial charge < -0.3 is 20.1 Å². The third-order valence-corrected chi connectivity index (χ3v) is 7.66. The zero-order chi connectivity index (χ0) is 23.4. The lowest BCUT2D eigenvalue weighted by Crippen LogP contribution is -2.44. The second-order valence-corrected chi connectivity index (χ2v) is 10.1. The molecule has 10 nitrogen and oxygen atoms in total. The molecule has 33 heavy (non-hydrogen) atoms. The molecule has 3 heterocycles. The Bertz CT molecular complexity index is 1210. The van der Waals surface area contributed by atoms with Crippen LogP contribution >= 0.6 is 0 Å². The maximum atomic E-state index is 12.9. The Balaban J connectivity index is 1.35. The summed E-state index contributed by atoms with van der Waals surface area (Å²) in [5.41, 5.74) is 3.25. The molecule has 1 amide bonds. The lowest BCUT2D eigenvalue weighted by molar-refractivity contribution is 0.0106. The maximum absolute atomic E-state index is 12.9. The summed E-state index contributed by atoms with van der Waals surface area (Å²) < 4.78 is 33.4. The Morgan fingerprint density at radius 3 is 2.79 bits per heavy atom.